The number of carbonyl (C=O) groups excluding carboxylic acids is 1. The SMILES string of the molecule is O=C(Nc1ccccc1Cl)c1cc2ccccc2[nH]1. The van der Waals surface area contributed by atoms with E-state index in [1.165, 1.54) is 0 Å². The van der Waals surface area contributed by atoms with Crippen LogP contribution in [0.1, 0.15) is 10.5 Å². The second kappa shape index (κ2) is 4.78. The molecule has 0 aliphatic carbocycles. The first-order valence-corrected chi connectivity index (χ1v) is 6.25. The van der Waals surface area contributed by atoms with E-state index in [0.29, 0.717) is 16.4 Å². The summed E-state index contributed by atoms with van der Waals surface area (Å²) in [5.41, 5.74) is 2.06. The predicted octanol–water partition coefficient (Wildman–Crippen LogP) is 4.07. The van der Waals surface area contributed by atoms with Gasteiger partial charge in [-0.15, -0.1) is 0 Å². The zero-order valence-corrected chi connectivity index (χ0v) is 10.7. The molecule has 0 aliphatic heterocycles. The van der Waals surface area contributed by atoms with Crippen molar-refractivity contribution in [1.29, 1.82) is 0 Å². The number of hydrogen-bond donors (Lipinski definition) is 2. The van der Waals surface area contributed by atoms with Gasteiger partial charge in [0.15, 0.2) is 0 Å². The van der Waals surface area contributed by atoms with Crippen molar-refractivity contribution >= 4 is 34.1 Å². The molecule has 2 aromatic carbocycles. The lowest BCUT2D eigenvalue weighted by Gasteiger charge is -2.05. The second-order valence-corrected chi connectivity index (χ2v) is 4.61. The maximum Gasteiger partial charge on any atom is 0.272 e. The number of aromatic nitrogens is 1. The quantitative estimate of drug-likeness (QED) is 0.724. The summed E-state index contributed by atoms with van der Waals surface area (Å²) >= 11 is 6.01. The van der Waals surface area contributed by atoms with Crippen LogP contribution in [0, 0.1) is 0 Å². The van der Waals surface area contributed by atoms with Crippen molar-refractivity contribution < 1.29 is 4.79 Å². The molecular weight excluding hydrogens is 260 g/mol. The number of benzene rings is 2. The topological polar surface area (TPSA) is 44.9 Å². The van der Waals surface area contributed by atoms with Gasteiger partial charge in [0.2, 0.25) is 0 Å². The predicted molar refractivity (Wildman–Crippen MR) is 77.7 cm³/mol. The molecule has 0 fully saturated rings. The van der Waals surface area contributed by atoms with Crippen molar-refractivity contribution in [2.75, 3.05) is 5.32 Å². The van der Waals surface area contributed by atoms with Crippen molar-refractivity contribution in [2.45, 2.75) is 0 Å². The maximum absolute atomic E-state index is 12.1. The number of halogens is 1. The molecular formula is C15H11ClN2O. The van der Waals surface area contributed by atoms with Crippen LogP contribution in [0.4, 0.5) is 5.69 Å². The minimum Gasteiger partial charge on any atom is -0.351 e. The van der Waals surface area contributed by atoms with Gasteiger partial charge in [-0.2, -0.15) is 0 Å². The van der Waals surface area contributed by atoms with E-state index < -0.39 is 0 Å². The van der Waals surface area contributed by atoms with Crippen LogP contribution in [-0.4, -0.2) is 10.9 Å². The molecule has 0 atom stereocenters. The number of H-pyrrole nitrogens is 1. The zero-order chi connectivity index (χ0) is 13.2. The van der Waals surface area contributed by atoms with Crippen LogP contribution in [-0.2, 0) is 0 Å². The summed E-state index contributed by atoms with van der Waals surface area (Å²) in [7, 11) is 0. The number of amides is 1. The average Bonchev–Trinajstić information content (AvgIpc) is 2.85. The third-order valence-electron chi connectivity index (χ3n) is 2.90. The molecule has 1 heterocycles. The van der Waals surface area contributed by atoms with E-state index in [2.05, 4.69) is 10.3 Å². The summed E-state index contributed by atoms with van der Waals surface area (Å²) in [6.07, 6.45) is 0. The molecule has 0 aliphatic rings. The fourth-order valence-electron chi connectivity index (χ4n) is 1.95. The number of anilines is 1. The number of nitrogens with one attached hydrogen (secondary N) is 2. The molecule has 1 aromatic heterocycles. The molecule has 3 aromatic rings. The number of para-hydroxylation sites is 2. The molecule has 0 unspecified atom stereocenters. The highest BCUT2D eigenvalue weighted by Gasteiger charge is 2.10. The summed E-state index contributed by atoms with van der Waals surface area (Å²) in [4.78, 5) is 15.2. The van der Waals surface area contributed by atoms with E-state index in [-0.39, 0.29) is 5.91 Å². The molecule has 94 valence electrons. The van der Waals surface area contributed by atoms with Crippen LogP contribution in [0.2, 0.25) is 5.02 Å². The van der Waals surface area contributed by atoms with Gasteiger partial charge in [0, 0.05) is 10.9 Å². The van der Waals surface area contributed by atoms with Gasteiger partial charge in [-0.3, -0.25) is 4.79 Å². The highest BCUT2D eigenvalue weighted by Crippen LogP contribution is 2.22. The first kappa shape index (κ1) is 11.8. The third kappa shape index (κ3) is 2.33. The lowest BCUT2D eigenvalue weighted by molar-refractivity contribution is 0.102. The Hall–Kier alpha value is -2.26. The fraction of sp³-hybridized carbons (Fsp3) is 0. The van der Waals surface area contributed by atoms with Crippen LogP contribution in [0.15, 0.2) is 54.6 Å². The molecule has 19 heavy (non-hydrogen) atoms. The molecule has 4 heteroatoms. The molecule has 2 N–H and O–H groups in total. The van der Waals surface area contributed by atoms with Crippen molar-refractivity contribution in [3.05, 3.63) is 65.3 Å². The van der Waals surface area contributed by atoms with Gasteiger partial charge in [0.1, 0.15) is 5.69 Å². The minimum atomic E-state index is -0.204. The van der Waals surface area contributed by atoms with Crippen molar-refractivity contribution in [2.24, 2.45) is 0 Å². The smallest absolute Gasteiger partial charge is 0.272 e. The van der Waals surface area contributed by atoms with E-state index in [1.54, 1.807) is 12.1 Å². The summed E-state index contributed by atoms with van der Waals surface area (Å²) in [6, 6.07) is 16.7. The van der Waals surface area contributed by atoms with Gasteiger partial charge in [-0.25, -0.2) is 0 Å². The normalized spacial score (nSPS) is 10.6. The monoisotopic (exact) mass is 270 g/mol. The van der Waals surface area contributed by atoms with E-state index in [0.717, 1.165) is 10.9 Å². The highest BCUT2D eigenvalue weighted by molar-refractivity contribution is 6.33. The van der Waals surface area contributed by atoms with Crippen LogP contribution >= 0.6 is 11.6 Å². The number of fused-ring (bicyclic) bond motifs is 1. The molecule has 1 amide bonds. The van der Waals surface area contributed by atoms with Crippen LogP contribution in [0.5, 0.6) is 0 Å². The van der Waals surface area contributed by atoms with Gasteiger partial charge < -0.3 is 10.3 Å². The van der Waals surface area contributed by atoms with Gasteiger partial charge in [-0.1, -0.05) is 41.9 Å². The Morgan fingerprint density at radius 1 is 1.05 bits per heavy atom. The van der Waals surface area contributed by atoms with Gasteiger partial charge >= 0.3 is 0 Å². The largest absolute Gasteiger partial charge is 0.351 e. The molecule has 0 radical (unpaired) electrons. The average molecular weight is 271 g/mol. The van der Waals surface area contributed by atoms with E-state index in [4.69, 9.17) is 11.6 Å². The van der Waals surface area contributed by atoms with E-state index >= 15 is 0 Å². The van der Waals surface area contributed by atoms with Crippen LogP contribution in [0.3, 0.4) is 0 Å². The molecule has 3 nitrogen and oxygen atoms in total. The molecule has 0 spiro atoms. The Morgan fingerprint density at radius 3 is 2.58 bits per heavy atom. The summed E-state index contributed by atoms with van der Waals surface area (Å²) in [6.45, 7) is 0. The van der Waals surface area contributed by atoms with Crippen molar-refractivity contribution in [3.63, 3.8) is 0 Å². The second-order valence-electron chi connectivity index (χ2n) is 4.20. The van der Waals surface area contributed by atoms with Gasteiger partial charge in [-0.05, 0) is 24.3 Å². The minimum absolute atomic E-state index is 0.204. The molecule has 0 bridgehead atoms. The number of hydrogen-bond acceptors (Lipinski definition) is 1. The Kier molecular flexibility index (Phi) is 2.97. The van der Waals surface area contributed by atoms with Crippen molar-refractivity contribution in [3.8, 4) is 0 Å². The van der Waals surface area contributed by atoms with E-state index in [1.807, 2.05) is 42.5 Å². The Bertz CT molecular complexity index is 715. The lowest BCUT2D eigenvalue weighted by atomic mass is 10.2. The van der Waals surface area contributed by atoms with Crippen LogP contribution in [0.25, 0.3) is 10.9 Å². The number of rotatable bonds is 2. The van der Waals surface area contributed by atoms with Crippen molar-refractivity contribution in [1.82, 2.24) is 4.98 Å². The number of aromatic amines is 1. The Balaban J connectivity index is 1.90. The Labute approximate surface area is 115 Å². The van der Waals surface area contributed by atoms with Crippen LogP contribution < -0.4 is 5.32 Å². The number of carbonyl (C=O) groups is 1. The third-order valence-corrected chi connectivity index (χ3v) is 3.23. The van der Waals surface area contributed by atoms with Gasteiger partial charge in [0.25, 0.3) is 5.91 Å². The van der Waals surface area contributed by atoms with E-state index in [9.17, 15) is 4.79 Å². The fourth-order valence-corrected chi connectivity index (χ4v) is 2.13. The zero-order valence-electron chi connectivity index (χ0n) is 9.98. The first-order chi connectivity index (χ1) is 9.24. The first-order valence-electron chi connectivity index (χ1n) is 5.88. The Morgan fingerprint density at radius 2 is 1.79 bits per heavy atom. The summed E-state index contributed by atoms with van der Waals surface area (Å²) < 4.78 is 0. The molecule has 3 rings (SSSR count). The standard InChI is InChI=1S/C15H11ClN2O/c16-11-6-2-4-8-13(11)18-15(19)14-9-10-5-1-3-7-12(10)17-14/h1-9,17H,(H,18,19). The summed E-state index contributed by atoms with van der Waals surface area (Å²) in [5, 5.41) is 4.31. The van der Waals surface area contributed by atoms with Gasteiger partial charge in [0.05, 0.1) is 10.7 Å². The maximum atomic E-state index is 12.1. The molecule has 0 saturated carbocycles. The summed E-state index contributed by atoms with van der Waals surface area (Å²) in [5.74, 6) is -0.204. The lowest BCUT2D eigenvalue weighted by Crippen LogP contribution is -2.12. The molecule has 0 saturated heterocycles. The highest BCUT2D eigenvalue weighted by atomic mass is 35.5.